The minimum atomic E-state index is -0.335. The lowest BCUT2D eigenvalue weighted by atomic mass is 9.84. The maximum Gasteiger partial charge on any atom is 0.255 e. The zero-order valence-electron chi connectivity index (χ0n) is 14.8. The summed E-state index contributed by atoms with van der Waals surface area (Å²) in [6, 6.07) is 16.5. The molecule has 0 unspecified atom stereocenters. The summed E-state index contributed by atoms with van der Waals surface area (Å²) in [6.07, 6.45) is 0. The Morgan fingerprint density at radius 1 is 0.857 bits per heavy atom. The molecule has 0 atom stereocenters. The van der Waals surface area contributed by atoms with E-state index < -0.39 is 0 Å². The van der Waals surface area contributed by atoms with Gasteiger partial charge in [-0.25, -0.2) is 0 Å². The first-order valence-electron chi connectivity index (χ1n) is 8.47. The third kappa shape index (κ3) is 3.01. The standard InChI is InChI=1S/C22H14BrNO4/c1-28-19-9-6-12(10-18(19)23)22(27)24-13-7-8-16-17(11-13)21(26)15-5-3-2-4-14(15)20(16)25/h2-11H,1H3,(H,24,27). The van der Waals surface area contributed by atoms with E-state index in [0.29, 0.717) is 38.2 Å². The molecule has 3 aromatic carbocycles. The van der Waals surface area contributed by atoms with Crippen LogP contribution in [-0.2, 0) is 0 Å². The van der Waals surface area contributed by atoms with Gasteiger partial charge in [0.15, 0.2) is 11.6 Å². The van der Waals surface area contributed by atoms with Gasteiger partial charge in [0.2, 0.25) is 0 Å². The fourth-order valence-corrected chi connectivity index (χ4v) is 3.73. The zero-order chi connectivity index (χ0) is 19.8. The average molecular weight is 436 g/mol. The molecule has 0 saturated heterocycles. The van der Waals surface area contributed by atoms with E-state index >= 15 is 0 Å². The Morgan fingerprint density at radius 2 is 1.50 bits per heavy atom. The second-order valence-electron chi connectivity index (χ2n) is 6.27. The molecule has 138 valence electrons. The van der Waals surface area contributed by atoms with Crippen molar-refractivity contribution < 1.29 is 19.1 Å². The number of hydrogen-bond donors (Lipinski definition) is 1. The molecule has 0 aliphatic heterocycles. The van der Waals surface area contributed by atoms with Crippen LogP contribution in [0.5, 0.6) is 5.75 Å². The van der Waals surface area contributed by atoms with Crippen molar-refractivity contribution in [3.63, 3.8) is 0 Å². The number of methoxy groups -OCH3 is 1. The molecule has 0 radical (unpaired) electrons. The fourth-order valence-electron chi connectivity index (χ4n) is 3.19. The van der Waals surface area contributed by atoms with E-state index in [1.165, 1.54) is 0 Å². The summed E-state index contributed by atoms with van der Waals surface area (Å²) < 4.78 is 5.82. The highest BCUT2D eigenvalue weighted by molar-refractivity contribution is 9.10. The fraction of sp³-hybridized carbons (Fsp3) is 0.0455. The number of ketones is 2. The molecule has 1 amide bonds. The summed E-state index contributed by atoms with van der Waals surface area (Å²) in [4.78, 5) is 38.0. The molecule has 0 bridgehead atoms. The number of benzene rings is 3. The lowest BCUT2D eigenvalue weighted by Gasteiger charge is -2.18. The second kappa shape index (κ2) is 7.05. The van der Waals surface area contributed by atoms with Crippen molar-refractivity contribution in [1.29, 1.82) is 0 Å². The highest BCUT2D eigenvalue weighted by atomic mass is 79.9. The van der Waals surface area contributed by atoms with Gasteiger partial charge in [-0.2, -0.15) is 0 Å². The van der Waals surface area contributed by atoms with Crippen LogP contribution < -0.4 is 10.1 Å². The van der Waals surface area contributed by atoms with E-state index in [9.17, 15) is 14.4 Å². The highest BCUT2D eigenvalue weighted by Gasteiger charge is 2.29. The zero-order valence-corrected chi connectivity index (χ0v) is 16.4. The Morgan fingerprint density at radius 3 is 2.14 bits per heavy atom. The summed E-state index contributed by atoms with van der Waals surface area (Å²) in [5.41, 5.74) is 2.28. The number of amides is 1. The largest absolute Gasteiger partial charge is 0.496 e. The number of carbonyl (C=O) groups is 3. The number of anilines is 1. The van der Waals surface area contributed by atoms with E-state index in [-0.39, 0.29) is 23.0 Å². The molecule has 0 fully saturated rings. The smallest absolute Gasteiger partial charge is 0.255 e. The van der Waals surface area contributed by atoms with Crippen molar-refractivity contribution in [3.8, 4) is 5.75 Å². The number of carbonyl (C=O) groups excluding carboxylic acids is 3. The van der Waals surface area contributed by atoms with Crippen molar-refractivity contribution in [3.05, 3.63) is 93.0 Å². The molecule has 0 spiro atoms. The molecule has 1 aliphatic rings. The van der Waals surface area contributed by atoms with E-state index in [4.69, 9.17) is 4.74 Å². The minimum absolute atomic E-state index is 0.192. The van der Waals surface area contributed by atoms with Crippen molar-refractivity contribution >= 4 is 39.1 Å². The molecule has 6 heteroatoms. The van der Waals surface area contributed by atoms with Crippen LogP contribution in [0.2, 0.25) is 0 Å². The summed E-state index contributed by atoms with van der Waals surface area (Å²) >= 11 is 3.35. The van der Waals surface area contributed by atoms with Gasteiger partial charge in [-0.1, -0.05) is 24.3 Å². The van der Waals surface area contributed by atoms with Crippen LogP contribution in [-0.4, -0.2) is 24.6 Å². The van der Waals surface area contributed by atoms with Gasteiger partial charge in [0, 0.05) is 33.5 Å². The first-order chi connectivity index (χ1) is 13.5. The Labute approximate surface area is 169 Å². The van der Waals surface area contributed by atoms with Crippen molar-refractivity contribution in [2.75, 3.05) is 12.4 Å². The van der Waals surface area contributed by atoms with E-state index in [0.717, 1.165) is 0 Å². The lowest BCUT2D eigenvalue weighted by Crippen LogP contribution is -2.21. The number of rotatable bonds is 3. The van der Waals surface area contributed by atoms with E-state index in [1.54, 1.807) is 67.8 Å². The predicted octanol–water partition coefficient (Wildman–Crippen LogP) is 4.49. The Kier molecular flexibility index (Phi) is 4.57. The van der Waals surface area contributed by atoms with Gasteiger partial charge in [-0.05, 0) is 52.3 Å². The van der Waals surface area contributed by atoms with Crippen LogP contribution in [0.15, 0.2) is 65.1 Å². The first-order valence-corrected chi connectivity index (χ1v) is 9.26. The molecule has 4 rings (SSSR count). The molecule has 0 saturated carbocycles. The molecule has 1 N–H and O–H groups in total. The molecule has 0 heterocycles. The number of halogens is 1. The van der Waals surface area contributed by atoms with Crippen LogP contribution in [0.4, 0.5) is 5.69 Å². The summed E-state index contributed by atoms with van der Waals surface area (Å²) in [5, 5.41) is 2.77. The highest BCUT2D eigenvalue weighted by Crippen LogP contribution is 2.30. The maximum atomic E-state index is 12.8. The molecular weight excluding hydrogens is 422 g/mol. The average Bonchev–Trinajstić information content (AvgIpc) is 2.72. The van der Waals surface area contributed by atoms with Crippen LogP contribution in [0.3, 0.4) is 0 Å². The first kappa shape index (κ1) is 18.1. The van der Waals surface area contributed by atoms with Gasteiger partial charge in [-0.3, -0.25) is 14.4 Å². The minimum Gasteiger partial charge on any atom is -0.496 e. The number of ether oxygens (including phenoxy) is 1. The maximum absolute atomic E-state index is 12.8. The molecular formula is C22H14BrNO4. The van der Waals surface area contributed by atoms with Crippen LogP contribution in [0.1, 0.15) is 42.2 Å². The summed E-state index contributed by atoms with van der Waals surface area (Å²) in [6.45, 7) is 0. The molecule has 3 aromatic rings. The summed E-state index contributed by atoms with van der Waals surface area (Å²) in [5.74, 6) is -0.137. The quantitative estimate of drug-likeness (QED) is 0.514. The normalized spacial score (nSPS) is 12.2. The SMILES string of the molecule is COc1ccc(C(=O)Nc2ccc3c(c2)C(=O)c2ccccc2C3=O)cc1Br. The second-order valence-corrected chi connectivity index (χ2v) is 7.12. The van der Waals surface area contributed by atoms with E-state index in [2.05, 4.69) is 21.2 Å². The van der Waals surface area contributed by atoms with Gasteiger partial charge in [0.05, 0.1) is 11.6 Å². The van der Waals surface area contributed by atoms with Gasteiger partial charge in [0.1, 0.15) is 5.75 Å². The Balaban J connectivity index is 1.65. The molecule has 1 aliphatic carbocycles. The third-order valence-corrected chi connectivity index (χ3v) is 5.22. The van der Waals surface area contributed by atoms with Gasteiger partial charge in [-0.15, -0.1) is 0 Å². The molecule has 28 heavy (non-hydrogen) atoms. The third-order valence-electron chi connectivity index (χ3n) is 4.60. The Hall–Kier alpha value is -3.25. The van der Waals surface area contributed by atoms with Crippen LogP contribution >= 0.6 is 15.9 Å². The van der Waals surface area contributed by atoms with Gasteiger partial charge >= 0.3 is 0 Å². The van der Waals surface area contributed by atoms with Gasteiger partial charge in [0.25, 0.3) is 5.91 Å². The molecule has 5 nitrogen and oxygen atoms in total. The van der Waals surface area contributed by atoms with Crippen molar-refractivity contribution in [2.45, 2.75) is 0 Å². The summed E-state index contributed by atoms with van der Waals surface area (Å²) in [7, 11) is 1.55. The number of hydrogen-bond acceptors (Lipinski definition) is 4. The molecule has 0 aromatic heterocycles. The lowest BCUT2D eigenvalue weighted by molar-refractivity contribution is 0.0979. The number of fused-ring (bicyclic) bond motifs is 2. The van der Waals surface area contributed by atoms with E-state index in [1.807, 2.05) is 0 Å². The monoisotopic (exact) mass is 435 g/mol. The van der Waals surface area contributed by atoms with Crippen molar-refractivity contribution in [1.82, 2.24) is 0 Å². The predicted molar refractivity (Wildman–Crippen MR) is 108 cm³/mol. The van der Waals surface area contributed by atoms with Gasteiger partial charge < -0.3 is 10.1 Å². The topological polar surface area (TPSA) is 72.5 Å². The van der Waals surface area contributed by atoms with Crippen molar-refractivity contribution in [2.24, 2.45) is 0 Å². The Bertz CT molecular complexity index is 1150. The van der Waals surface area contributed by atoms with Crippen LogP contribution in [0.25, 0.3) is 0 Å². The van der Waals surface area contributed by atoms with Crippen LogP contribution in [0, 0.1) is 0 Å². The number of nitrogens with one attached hydrogen (secondary N) is 1.